The van der Waals surface area contributed by atoms with Gasteiger partial charge in [-0.05, 0) is 31.0 Å². The fraction of sp³-hybridized carbons (Fsp3) is 0.632. The lowest BCUT2D eigenvalue weighted by molar-refractivity contribution is -0.188. The summed E-state index contributed by atoms with van der Waals surface area (Å²) in [5.41, 5.74) is 0.758. The summed E-state index contributed by atoms with van der Waals surface area (Å²) >= 11 is 0. The number of carboxylic acid groups (broad SMARTS) is 1. The topological polar surface area (TPSA) is 59.0 Å². The van der Waals surface area contributed by atoms with Crippen LogP contribution in [0.1, 0.15) is 32.3 Å². The van der Waals surface area contributed by atoms with E-state index in [4.69, 9.17) is 14.6 Å². The summed E-state index contributed by atoms with van der Waals surface area (Å²) in [7, 11) is 0. The van der Waals surface area contributed by atoms with Gasteiger partial charge < -0.3 is 14.6 Å². The number of aliphatic carboxylic acids is 1. The van der Waals surface area contributed by atoms with Crippen molar-refractivity contribution in [3.63, 3.8) is 0 Å². The summed E-state index contributed by atoms with van der Waals surface area (Å²) in [6, 6.07) is 5.28. The Morgan fingerprint density at radius 2 is 1.96 bits per heavy atom. The van der Waals surface area contributed by atoms with Crippen LogP contribution in [0.15, 0.2) is 18.2 Å². The Hall–Kier alpha value is -1.96. The summed E-state index contributed by atoms with van der Waals surface area (Å²) in [6.45, 7) is 4.69. The number of carboxylic acids is 1. The minimum absolute atomic E-state index is 0.127. The lowest BCUT2D eigenvalue weighted by atomic mass is 9.96. The first-order valence-electron chi connectivity index (χ1n) is 9.16. The molecule has 0 aromatic heterocycles. The van der Waals surface area contributed by atoms with Crippen molar-refractivity contribution >= 4 is 5.97 Å². The summed E-state index contributed by atoms with van der Waals surface area (Å²) in [5, 5.41) is 9.12. The molecular formula is C19H26F3NO4. The normalized spacial score (nSPS) is 20.6. The maximum atomic E-state index is 13.1. The summed E-state index contributed by atoms with van der Waals surface area (Å²) in [5.74, 6) is -3.54. The first-order valence-corrected chi connectivity index (χ1v) is 9.16. The molecule has 5 nitrogen and oxygen atoms in total. The van der Waals surface area contributed by atoms with Gasteiger partial charge in [-0.3, -0.25) is 9.69 Å². The highest BCUT2D eigenvalue weighted by Crippen LogP contribution is 2.38. The van der Waals surface area contributed by atoms with Crippen LogP contribution in [0, 0.1) is 11.8 Å². The van der Waals surface area contributed by atoms with E-state index >= 15 is 0 Å². The molecule has 0 saturated carbocycles. The molecule has 2 atom stereocenters. The standard InChI is InChI=1S/C19H26F3NO4/c1-3-5-8-27-16-7-6-13(9-17(16)26-4-2)10-23-11-14(18(24)25)15(12-23)19(20,21)22/h6-7,9,14-15H,3-5,8,10-12H2,1-2H3,(H,24,25)/t14-,15-/m1/s1. The van der Waals surface area contributed by atoms with Crippen molar-refractivity contribution < 1.29 is 32.5 Å². The predicted octanol–water partition coefficient (Wildman–Crippen LogP) is 3.96. The zero-order valence-corrected chi connectivity index (χ0v) is 15.6. The van der Waals surface area contributed by atoms with Crippen molar-refractivity contribution in [1.82, 2.24) is 4.90 Å². The quantitative estimate of drug-likeness (QED) is 0.648. The van der Waals surface area contributed by atoms with Gasteiger partial charge in [0, 0.05) is 19.6 Å². The molecule has 1 aliphatic rings. The van der Waals surface area contributed by atoms with Gasteiger partial charge in [-0.25, -0.2) is 0 Å². The highest BCUT2D eigenvalue weighted by molar-refractivity contribution is 5.71. The number of halogens is 3. The second-order valence-electron chi connectivity index (χ2n) is 6.70. The molecule has 8 heteroatoms. The Kier molecular flexibility index (Phi) is 7.35. The van der Waals surface area contributed by atoms with Crippen LogP contribution in [-0.2, 0) is 11.3 Å². The Bertz CT molecular complexity index is 636. The summed E-state index contributed by atoms with van der Waals surface area (Å²) in [6.07, 6.45) is -2.61. The number of hydrogen-bond donors (Lipinski definition) is 1. The number of ether oxygens (including phenoxy) is 2. The van der Waals surface area contributed by atoms with Crippen LogP contribution < -0.4 is 9.47 Å². The van der Waals surface area contributed by atoms with Crippen LogP contribution in [0.3, 0.4) is 0 Å². The van der Waals surface area contributed by atoms with Crippen molar-refractivity contribution in [2.24, 2.45) is 11.8 Å². The molecule has 0 unspecified atom stereocenters. The van der Waals surface area contributed by atoms with Gasteiger partial charge in [0.25, 0.3) is 0 Å². The molecule has 0 spiro atoms. The molecule has 27 heavy (non-hydrogen) atoms. The van der Waals surface area contributed by atoms with Crippen LogP contribution in [0.2, 0.25) is 0 Å². The molecule has 0 bridgehead atoms. The molecule has 152 valence electrons. The van der Waals surface area contributed by atoms with Crippen molar-refractivity contribution in [3.05, 3.63) is 23.8 Å². The van der Waals surface area contributed by atoms with E-state index in [1.54, 1.807) is 18.2 Å². The van der Waals surface area contributed by atoms with E-state index in [1.165, 1.54) is 4.90 Å². The van der Waals surface area contributed by atoms with Gasteiger partial charge >= 0.3 is 12.1 Å². The first kappa shape index (κ1) is 21.3. The van der Waals surface area contributed by atoms with Gasteiger partial charge in [0.15, 0.2) is 11.5 Å². The van der Waals surface area contributed by atoms with Gasteiger partial charge in [0.05, 0.1) is 25.0 Å². The van der Waals surface area contributed by atoms with Crippen LogP contribution in [0.5, 0.6) is 11.5 Å². The van der Waals surface area contributed by atoms with E-state index in [1.807, 2.05) is 6.92 Å². The van der Waals surface area contributed by atoms with E-state index < -0.39 is 24.0 Å². The molecule has 1 aliphatic heterocycles. The number of rotatable bonds is 9. The smallest absolute Gasteiger partial charge is 0.393 e. The van der Waals surface area contributed by atoms with Crippen molar-refractivity contribution in [2.45, 2.75) is 39.4 Å². The third-order valence-corrected chi connectivity index (χ3v) is 4.60. The Morgan fingerprint density at radius 3 is 2.52 bits per heavy atom. The molecule has 1 fully saturated rings. The van der Waals surface area contributed by atoms with Crippen LogP contribution in [0.25, 0.3) is 0 Å². The number of likely N-dealkylation sites (tertiary alicyclic amines) is 1. The average Bonchev–Trinajstić information content (AvgIpc) is 3.02. The van der Waals surface area contributed by atoms with E-state index in [2.05, 4.69) is 6.92 Å². The minimum atomic E-state index is -4.52. The Morgan fingerprint density at radius 1 is 1.22 bits per heavy atom. The number of carbonyl (C=O) groups is 1. The summed E-state index contributed by atoms with van der Waals surface area (Å²) < 4.78 is 50.7. The van der Waals surface area contributed by atoms with Crippen LogP contribution in [0.4, 0.5) is 13.2 Å². The second kappa shape index (κ2) is 9.30. The molecule has 1 heterocycles. The highest BCUT2D eigenvalue weighted by atomic mass is 19.4. The molecule has 0 radical (unpaired) electrons. The number of benzene rings is 1. The Balaban J connectivity index is 2.10. The minimum Gasteiger partial charge on any atom is -0.490 e. The third-order valence-electron chi connectivity index (χ3n) is 4.60. The molecule has 2 rings (SSSR count). The van der Waals surface area contributed by atoms with Crippen LogP contribution >= 0.6 is 0 Å². The lowest BCUT2D eigenvalue weighted by Crippen LogP contribution is -2.33. The largest absolute Gasteiger partial charge is 0.490 e. The van der Waals surface area contributed by atoms with Crippen molar-refractivity contribution in [3.8, 4) is 11.5 Å². The molecule has 0 amide bonds. The number of unbranched alkanes of at least 4 members (excludes halogenated alkanes) is 1. The zero-order chi connectivity index (χ0) is 20.0. The van der Waals surface area contributed by atoms with E-state index in [-0.39, 0.29) is 19.6 Å². The van der Waals surface area contributed by atoms with E-state index in [9.17, 15) is 18.0 Å². The SMILES string of the molecule is CCCCOc1ccc(CN2C[C@@H](C(F)(F)F)[C@H](C(=O)O)C2)cc1OCC. The van der Waals surface area contributed by atoms with Gasteiger partial charge in [-0.15, -0.1) is 0 Å². The number of nitrogens with zero attached hydrogens (tertiary/aromatic N) is 1. The third kappa shape index (κ3) is 5.76. The van der Waals surface area contributed by atoms with Gasteiger partial charge in [0.2, 0.25) is 0 Å². The molecule has 1 aromatic carbocycles. The van der Waals surface area contributed by atoms with Crippen molar-refractivity contribution in [2.75, 3.05) is 26.3 Å². The average molecular weight is 389 g/mol. The summed E-state index contributed by atoms with van der Waals surface area (Å²) in [4.78, 5) is 12.7. The monoisotopic (exact) mass is 389 g/mol. The fourth-order valence-corrected chi connectivity index (χ4v) is 3.22. The lowest BCUT2D eigenvalue weighted by Gasteiger charge is -2.19. The van der Waals surface area contributed by atoms with E-state index in [0.29, 0.717) is 24.7 Å². The van der Waals surface area contributed by atoms with Crippen molar-refractivity contribution in [1.29, 1.82) is 0 Å². The molecule has 0 aliphatic carbocycles. The molecular weight excluding hydrogens is 363 g/mol. The molecule has 1 aromatic rings. The predicted molar refractivity (Wildman–Crippen MR) is 94.0 cm³/mol. The first-order chi connectivity index (χ1) is 12.8. The zero-order valence-electron chi connectivity index (χ0n) is 15.6. The second-order valence-corrected chi connectivity index (χ2v) is 6.70. The van der Waals surface area contributed by atoms with Gasteiger partial charge in [-0.2, -0.15) is 13.2 Å². The van der Waals surface area contributed by atoms with E-state index in [0.717, 1.165) is 18.4 Å². The number of alkyl halides is 3. The fourth-order valence-electron chi connectivity index (χ4n) is 3.22. The Labute approximate surface area is 157 Å². The maximum Gasteiger partial charge on any atom is 0.393 e. The number of hydrogen-bond acceptors (Lipinski definition) is 4. The van der Waals surface area contributed by atoms with Gasteiger partial charge in [-0.1, -0.05) is 19.4 Å². The highest BCUT2D eigenvalue weighted by Gasteiger charge is 2.52. The van der Waals surface area contributed by atoms with Gasteiger partial charge in [0.1, 0.15) is 0 Å². The molecule has 1 saturated heterocycles. The van der Waals surface area contributed by atoms with Crippen LogP contribution in [-0.4, -0.2) is 48.5 Å². The maximum absolute atomic E-state index is 13.1. The molecule has 1 N–H and O–H groups in total.